The van der Waals surface area contributed by atoms with E-state index in [0.29, 0.717) is 25.8 Å². The minimum Gasteiger partial charge on any atom is -0.481 e. The Hall–Kier alpha value is -1.33. The van der Waals surface area contributed by atoms with E-state index < -0.39 is 30.4 Å². The van der Waals surface area contributed by atoms with Crippen LogP contribution in [0.1, 0.15) is 78.6 Å². The summed E-state index contributed by atoms with van der Waals surface area (Å²) in [6.07, 6.45) is 6.95. The maximum atomic E-state index is 10.9. The first-order valence-electron chi connectivity index (χ1n) is 13.0. The van der Waals surface area contributed by atoms with Gasteiger partial charge in [0.25, 0.3) is 0 Å². The molecule has 0 saturated carbocycles. The van der Waals surface area contributed by atoms with Crippen LogP contribution in [0.15, 0.2) is 23.8 Å². The van der Waals surface area contributed by atoms with Crippen molar-refractivity contribution in [3.8, 4) is 0 Å². The first kappa shape index (κ1) is 33.7. The summed E-state index contributed by atoms with van der Waals surface area (Å²) >= 11 is 0. The maximum Gasteiger partial charge on any atom is 0.303 e. The second kappa shape index (κ2) is 20.8. The van der Waals surface area contributed by atoms with Gasteiger partial charge in [-0.05, 0) is 45.6 Å². The van der Waals surface area contributed by atoms with Crippen molar-refractivity contribution >= 4 is 5.97 Å². The van der Waals surface area contributed by atoms with Crippen LogP contribution in [-0.4, -0.2) is 92.8 Å². The highest BCUT2D eigenvalue weighted by molar-refractivity contribution is 5.66. The molecule has 0 rings (SSSR count). The Morgan fingerprint density at radius 2 is 1.69 bits per heavy atom. The fourth-order valence-corrected chi connectivity index (χ4v) is 3.90. The first-order valence-corrected chi connectivity index (χ1v) is 13.0. The first-order chi connectivity index (χ1) is 16.6. The number of nitrogens with one attached hydrogen (secondary N) is 2. The largest absolute Gasteiger partial charge is 0.481 e. The fourth-order valence-electron chi connectivity index (χ4n) is 3.90. The fraction of sp³-hybridized carbons (Fsp3) is 0.808. The molecule has 35 heavy (non-hydrogen) atoms. The quantitative estimate of drug-likeness (QED) is 0.102. The molecule has 0 aromatic rings. The number of aliphatic carboxylic acids is 1. The molecule has 0 bridgehead atoms. The van der Waals surface area contributed by atoms with Gasteiger partial charge in [0.05, 0.1) is 31.0 Å². The molecule has 9 nitrogen and oxygen atoms in total. The highest BCUT2D eigenvalue weighted by Crippen LogP contribution is 2.19. The Bertz CT molecular complexity index is 598. The van der Waals surface area contributed by atoms with Crippen LogP contribution in [-0.2, 0) is 4.79 Å². The van der Waals surface area contributed by atoms with Crippen LogP contribution in [0, 0.1) is 0 Å². The molecule has 206 valence electrons. The van der Waals surface area contributed by atoms with Gasteiger partial charge in [-0.25, -0.2) is 0 Å². The van der Waals surface area contributed by atoms with Crippen molar-refractivity contribution in [2.24, 2.45) is 0 Å². The smallest absolute Gasteiger partial charge is 0.303 e. The molecule has 0 aliphatic rings. The summed E-state index contributed by atoms with van der Waals surface area (Å²) in [6, 6.07) is -0.108. The zero-order valence-corrected chi connectivity index (χ0v) is 21.8. The Labute approximate surface area is 211 Å². The van der Waals surface area contributed by atoms with Crippen LogP contribution in [0.25, 0.3) is 0 Å². The lowest BCUT2D eigenvalue weighted by Crippen LogP contribution is -2.37. The number of hydrogen-bond acceptors (Lipinski definition) is 8. The average Bonchev–Trinajstić information content (AvgIpc) is 2.81. The molecule has 0 spiro atoms. The maximum absolute atomic E-state index is 10.9. The van der Waals surface area contributed by atoms with Crippen LogP contribution < -0.4 is 10.6 Å². The van der Waals surface area contributed by atoms with E-state index in [1.807, 2.05) is 13.8 Å². The van der Waals surface area contributed by atoms with Crippen LogP contribution in [0.5, 0.6) is 0 Å². The highest BCUT2D eigenvalue weighted by Gasteiger charge is 2.19. The van der Waals surface area contributed by atoms with Gasteiger partial charge in [0.1, 0.15) is 0 Å². The summed E-state index contributed by atoms with van der Waals surface area (Å²) in [7, 11) is 0. The standard InChI is InChI=1S/C26H50N2O7/c1-4-6-12-24(32)25(33)13-7-9-20(16-22(31)18-29)23(28-17-19(3)30)11-8-10-21(27-5-2)14-15-26(34)35/h7,9,13,19,21-25,27-33H,4-6,8,10-12,14-18H2,1-3H3,(H,34,35)/b13-7+,20-9+/t19-,21+,22-,23-,24-,25+/m0/s1. The van der Waals surface area contributed by atoms with Crippen molar-refractivity contribution < 1.29 is 35.4 Å². The molecule has 0 aromatic heterocycles. The number of carbonyl (C=O) groups is 1. The Morgan fingerprint density at radius 1 is 0.971 bits per heavy atom. The van der Waals surface area contributed by atoms with E-state index in [9.17, 15) is 30.3 Å². The van der Waals surface area contributed by atoms with E-state index in [2.05, 4.69) is 10.6 Å². The van der Waals surface area contributed by atoms with Crippen molar-refractivity contribution in [2.75, 3.05) is 19.7 Å². The molecule has 0 aliphatic carbocycles. The zero-order chi connectivity index (χ0) is 26.6. The van der Waals surface area contributed by atoms with Gasteiger partial charge in [-0.2, -0.15) is 0 Å². The van der Waals surface area contributed by atoms with E-state index in [0.717, 1.165) is 37.8 Å². The van der Waals surface area contributed by atoms with Gasteiger partial charge in [0.15, 0.2) is 0 Å². The van der Waals surface area contributed by atoms with Gasteiger partial charge in [0, 0.05) is 25.0 Å². The molecule has 6 atom stereocenters. The van der Waals surface area contributed by atoms with E-state index in [-0.39, 0.29) is 31.5 Å². The molecule has 8 N–H and O–H groups in total. The molecule has 9 heteroatoms. The van der Waals surface area contributed by atoms with E-state index in [4.69, 9.17) is 5.11 Å². The number of carboxylic acids is 1. The van der Waals surface area contributed by atoms with Gasteiger partial charge in [-0.1, -0.05) is 56.9 Å². The van der Waals surface area contributed by atoms with Crippen molar-refractivity contribution in [3.05, 3.63) is 23.8 Å². The van der Waals surface area contributed by atoms with Gasteiger partial charge in [0.2, 0.25) is 0 Å². The van der Waals surface area contributed by atoms with Crippen LogP contribution in [0.4, 0.5) is 0 Å². The molecule has 0 amide bonds. The topological polar surface area (TPSA) is 163 Å². The van der Waals surface area contributed by atoms with E-state index >= 15 is 0 Å². The zero-order valence-electron chi connectivity index (χ0n) is 21.8. The second-order valence-electron chi connectivity index (χ2n) is 9.29. The van der Waals surface area contributed by atoms with E-state index in [1.165, 1.54) is 6.08 Å². The molecule has 0 fully saturated rings. The molecule has 0 heterocycles. The second-order valence-corrected chi connectivity index (χ2v) is 9.29. The normalized spacial score (nSPS) is 17.8. The van der Waals surface area contributed by atoms with Gasteiger partial charge >= 0.3 is 5.97 Å². The predicted molar refractivity (Wildman–Crippen MR) is 138 cm³/mol. The number of aliphatic hydroxyl groups excluding tert-OH is 5. The molecule has 0 radical (unpaired) electrons. The van der Waals surface area contributed by atoms with Crippen LogP contribution in [0.2, 0.25) is 0 Å². The van der Waals surface area contributed by atoms with Gasteiger partial charge in [-0.3, -0.25) is 4.79 Å². The predicted octanol–water partition coefficient (Wildman–Crippen LogP) is 1.48. The summed E-state index contributed by atoms with van der Waals surface area (Å²) in [5.41, 5.74) is 0.809. The SMILES string of the molecule is CCCC[C@H](O)[C@H](O)/C=C/C=C(\C[C@H](O)CO)[C@H](CCC[C@H](CCC(=O)O)NCC)NC[C@H](C)O. The van der Waals surface area contributed by atoms with Crippen LogP contribution >= 0.6 is 0 Å². The number of allylic oxidation sites excluding steroid dienone is 2. The molecule has 0 unspecified atom stereocenters. The summed E-state index contributed by atoms with van der Waals surface area (Å²) in [6.45, 7) is 6.38. The Balaban J connectivity index is 5.44. The molecule has 0 saturated heterocycles. The average molecular weight is 503 g/mol. The minimum atomic E-state index is -0.999. The summed E-state index contributed by atoms with van der Waals surface area (Å²) in [4.78, 5) is 10.9. The number of unbranched alkanes of at least 4 members (excludes halogenated alkanes) is 1. The lowest BCUT2D eigenvalue weighted by molar-refractivity contribution is -0.137. The number of aliphatic hydroxyl groups is 5. The summed E-state index contributed by atoms with van der Waals surface area (Å²) < 4.78 is 0. The number of hydrogen-bond donors (Lipinski definition) is 8. The lowest BCUT2D eigenvalue weighted by atomic mass is 9.93. The third-order valence-corrected chi connectivity index (χ3v) is 5.90. The van der Waals surface area contributed by atoms with Crippen molar-refractivity contribution in [1.29, 1.82) is 0 Å². The third-order valence-electron chi connectivity index (χ3n) is 5.90. The summed E-state index contributed by atoms with van der Waals surface area (Å²) in [5.74, 6) is -0.818. The molecular formula is C26H50N2O7. The molecule has 0 aromatic carbocycles. The Kier molecular flexibility index (Phi) is 20.0. The Morgan fingerprint density at radius 3 is 2.26 bits per heavy atom. The summed E-state index contributed by atoms with van der Waals surface area (Å²) in [5, 5.41) is 65.2. The monoisotopic (exact) mass is 502 g/mol. The molecule has 0 aliphatic heterocycles. The van der Waals surface area contributed by atoms with Crippen molar-refractivity contribution in [3.63, 3.8) is 0 Å². The highest BCUT2D eigenvalue weighted by atomic mass is 16.4. The lowest BCUT2D eigenvalue weighted by Gasteiger charge is -2.25. The van der Waals surface area contributed by atoms with E-state index in [1.54, 1.807) is 19.1 Å². The van der Waals surface area contributed by atoms with Crippen molar-refractivity contribution in [1.82, 2.24) is 10.6 Å². The van der Waals surface area contributed by atoms with Gasteiger partial charge < -0.3 is 41.3 Å². The van der Waals surface area contributed by atoms with Crippen LogP contribution in [0.3, 0.4) is 0 Å². The number of rotatable bonds is 22. The third kappa shape index (κ3) is 17.7. The minimum absolute atomic E-state index is 0.0867. The van der Waals surface area contributed by atoms with Crippen molar-refractivity contribution in [2.45, 2.75) is 115 Å². The molecular weight excluding hydrogens is 452 g/mol. The van der Waals surface area contributed by atoms with Gasteiger partial charge in [-0.15, -0.1) is 0 Å². The number of carboxylic acid groups (broad SMARTS) is 1.